The Bertz CT molecular complexity index is 981. The van der Waals surface area contributed by atoms with Gasteiger partial charge in [0.1, 0.15) is 36.2 Å². The zero-order valence-electron chi connectivity index (χ0n) is 17.5. The van der Waals surface area contributed by atoms with Crippen molar-refractivity contribution in [2.75, 3.05) is 19.0 Å². The molecule has 2 aromatic rings. The van der Waals surface area contributed by atoms with Crippen molar-refractivity contribution in [1.29, 1.82) is 0 Å². The SMILES string of the molecule is C=CCOc1ccc(COc2ccc(O)c(NC(=O)C(/C=C\C(=O)CC)=NC)c2)nc1. The van der Waals surface area contributed by atoms with E-state index in [9.17, 15) is 14.7 Å². The van der Waals surface area contributed by atoms with Crippen LogP contribution in [-0.2, 0) is 16.2 Å². The van der Waals surface area contributed by atoms with Gasteiger partial charge in [-0.05, 0) is 36.4 Å². The maximum atomic E-state index is 12.4. The molecule has 8 heteroatoms. The summed E-state index contributed by atoms with van der Waals surface area (Å²) in [5.41, 5.74) is 0.881. The average molecular weight is 423 g/mol. The topological polar surface area (TPSA) is 110 Å². The van der Waals surface area contributed by atoms with Crippen LogP contribution in [0, 0.1) is 0 Å². The molecule has 0 aliphatic rings. The molecule has 1 aromatic heterocycles. The lowest BCUT2D eigenvalue weighted by atomic mass is 10.2. The van der Waals surface area contributed by atoms with Gasteiger partial charge in [0.15, 0.2) is 5.78 Å². The second kappa shape index (κ2) is 11.9. The molecule has 1 aromatic carbocycles. The number of rotatable bonds is 11. The molecule has 31 heavy (non-hydrogen) atoms. The van der Waals surface area contributed by atoms with E-state index in [2.05, 4.69) is 21.9 Å². The lowest BCUT2D eigenvalue weighted by Gasteiger charge is -2.11. The summed E-state index contributed by atoms with van der Waals surface area (Å²) in [6.45, 7) is 5.89. The number of nitrogens with one attached hydrogen (secondary N) is 1. The summed E-state index contributed by atoms with van der Waals surface area (Å²) in [7, 11) is 1.44. The second-order valence-electron chi connectivity index (χ2n) is 6.27. The Hall–Kier alpha value is -3.94. The number of benzene rings is 1. The molecule has 0 aliphatic heterocycles. The van der Waals surface area contributed by atoms with E-state index in [0.717, 1.165) is 0 Å². The minimum absolute atomic E-state index is 0.0514. The quantitative estimate of drug-likeness (QED) is 0.248. The zero-order chi connectivity index (χ0) is 22.6. The molecule has 0 spiro atoms. The Morgan fingerprint density at radius 3 is 2.61 bits per heavy atom. The summed E-state index contributed by atoms with van der Waals surface area (Å²) in [5, 5.41) is 12.6. The molecule has 0 bridgehead atoms. The van der Waals surface area contributed by atoms with E-state index in [1.807, 2.05) is 0 Å². The molecule has 1 amide bonds. The Kier molecular flexibility index (Phi) is 8.97. The van der Waals surface area contributed by atoms with Gasteiger partial charge in [-0.1, -0.05) is 19.6 Å². The van der Waals surface area contributed by atoms with Crippen molar-refractivity contribution in [2.45, 2.75) is 20.0 Å². The number of pyridine rings is 1. The molecule has 0 fully saturated rings. The monoisotopic (exact) mass is 423 g/mol. The molecule has 0 saturated heterocycles. The lowest BCUT2D eigenvalue weighted by Crippen LogP contribution is -2.21. The van der Waals surface area contributed by atoms with Crippen molar-refractivity contribution in [2.24, 2.45) is 4.99 Å². The van der Waals surface area contributed by atoms with E-state index in [0.29, 0.717) is 30.2 Å². The minimum atomic E-state index is -0.563. The Labute approximate surface area is 180 Å². The molecule has 0 radical (unpaired) electrons. The molecular weight excluding hydrogens is 398 g/mol. The van der Waals surface area contributed by atoms with E-state index < -0.39 is 5.91 Å². The lowest BCUT2D eigenvalue weighted by molar-refractivity contribution is -0.114. The highest BCUT2D eigenvalue weighted by molar-refractivity contribution is 6.47. The van der Waals surface area contributed by atoms with Gasteiger partial charge in [-0.3, -0.25) is 19.6 Å². The number of anilines is 1. The van der Waals surface area contributed by atoms with E-state index in [-0.39, 0.29) is 29.5 Å². The van der Waals surface area contributed by atoms with Gasteiger partial charge in [0, 0.05) is 19.5 Å². The average Bonchev–Trinajstić information content (AvgIpc) is 2.79. The summed E-state index contributed by atoms with van der Waals surface area (Å²) in [6, 6.07) is 8.02. The van der Waals surface area contributed by atoms with Crippen molar-refractivity contribution in [1.82, 2.24) is 4.98 Å². The van der Waals surface area contributed by atoms with Crippen LogP contribution in [0.25, 0.3) is 0 Å². The number of hydrogen-bond acceptors (Lipinski definition) is 7. The molecule has 162 valence electrons. The van der Waals surface area contributed by atoms with E-state index >= 15 is 0 Å². The largest absolute Gasteiger partial charge is 0.506 e. The Morgan fingerprint density at radius 1 is 1.19 bits per heavy atom. The maximum Gasteiger partial charge on any atom is 0.273 e. The van der Waals surface area contributed by atoms with Crippen LogP contribution in [0.1, 0.15) is 19.0 Å². The summed E-state index contributed by atoms with van der Waals surface area (Å²) in [6.07, 6.45) is 6.20. The first-order chi connectivity index (χ1) is 15.0. The number of ether oxygens (including phenoxy) is 2. The van der Waals surface area contributed by atoms with E-state index in [1.54, 1.807) is 37.4 Å². The number of hydrogen-bond donors (Lipinski definition) is 2. The fraction of sp³-hybridized carbons (Fsp3) is 0.217. The van der Waals surface area contributed by atoms with Gasteiger partial charge in [-0.25, -0.2) is 0 Å². The number of aromatic hydroxyl groups is 1. The molecular formula is C23H25N3O5. The van der Waals surface area contributed by atoms with Gasteiger partial charge in [-0.2, -0.15) is 0 Å². The molecule has 0 saturated carbocycles. The molecule has 8 nitrogen and oxygen atoms in total. The Morgan fingerprint density at radius 2 is 1.97 bits per heavy atom. The van der Waals surface area contributed by atoms with Crippen LogP contribution in [0.4, 0.5) is 5.69 Å². The van der Waals surface area contributed by atoms with Gasteiger partial charge < -0.3 is 19.9 Å². The van der Waals surface area contributed by atoms with Crippen LogP contribution in [0.2, 0.25) is 0 Å². The van der Waals surface area contributed by atoms with Crippen molar-refractivity contribution < 1.29 is 24.2 Å². The Balaban J connectivity index is 2.02. The fourth-order valence-corrected chi connectivity index (χ4v) is 2.33. The highest BCUT2D eigenvalue weighted by Crippen LogP contribution is 2.28. The van der Waals surface area contributed by atoms with Gasteiger partial charge in [0.2, 0.25) is 0 Å². The molecule has 0 atom stereocenters. The molecule has 0 aliphatic carbocycles. The number of carbonyl (C=O) groups is 2. The first-order valence-corrected chi connectivity index (χ1v) is 9.60. The highest BCUT2D eigenvalue weighted by Gasteiger charge is 2.12. The molecule has 2 N–H and O–H groups in total. The molecule has 1 heterocycles. The second-order valence-corrected chi connectivity index (χ2v) is 6.27. The van der Waals surface area contributed by atoms with Crippen LogP contribution in [0.5, 0.6) is 17.2 Å². The van der Waals surface area contributed by atoms with Crippen molar-refractivity contribution in [3.63, 3.8) is 0 Å². The number of allylic oxidation sites excluding steroid dienone is 1. The number of ketones is 1. The van der Waals surface area contributed by atoms with Crippen LogP contribution in [0.3, 0.4) is 0 Å². The first kappa shape index (κ1) is 23.3. The minimum Gasteiger partial charge on any atom is -0.506 e. The summed E-state index contributed by atoms with van der Waals surface area (Å²) < 4.78 is 11.1. The number of amides is 1. The maximum absolute atomic E-state index is 12.4. The number of aromatic nitrogens is 1. The standard InChI is InChI=1S/C23H25N3O5/c1-4-12-30-19-8-6-16(25-14-19)15-31-18-9-11-22(28)21(13-18)26-23(29)20(24-3)10-7-17(27)5-2/h4,6-11,13-14,28H,1,5,12,15H2,2-3H3,(H,26,29)/b10-7-,24-20?. The number of phenols is 1. The van der Waals surface area contributed by atoms with Crippen molar-refractivity contribution in [3.05, 3.63) is 67.0 Å². The van der Waals surface area contributed by atoms with E-state index in [1.165, 1.54) is 31.3 Å². The molecule has 2 rings (SSSR count). The smallest absolute Gasteiger partial charge is 0.273 e. The van der Waals surface area contributed by atoms with Gasteiger partial charge in [-0.15, -0.1) is 0 Å². The number of phenolic OH excluding ortho intramolecular Hbond substituents is 1. The van der Waals surface area contributed by atoms with Crippen molar-refractivity contribution in [3.8, 4) is 17.2 Å². The highest BCUT2D eigenvalue weighted by atomic mass is 16.5. The van der Waals surface area contributed by atoms with Gasteiger partial charge in [0.25, 0.3) is 5.91 Å². The zero-order valence-corrected chi connectivity index (χ0v) is 17.5. The fourth-order valence-electron chi connectivity index (χ4n) is 2.33. The summed E-state index contributed by atoms with van der Waals surface area (Å²) in [4.78, 5) is 32.0. The predicted molar refractivity (Wildman–Crippen MR) is 119 cm³/mol. The van der Waals surface area contributed by atoms with Gasteiger partial charge in [0.05, 0.1) is 17.6 Å². The first-order valence-electron chi connectivity index (χ1n) is 9.60. The van der Waals surface area contributed by atoms with Crippen molar-refractivity contribution >= 4 is 23.1 Å². The van der Waals surface area contributed by atoms with Crippen LogP contribution < -0.4 is 14.8 Å². The number of aliphatic imine (C=N–C) groups is 1. The third-order valence-corrected chi connectivity index (χ3v) is 4.02. The third kappa shape index (κ3) is 7.43. The predicted octanol–water partition coefficient (Wildman–Crippen LogP) is 3.48. The number of nitrogens with zero attached hydrogens (tertiary/aromatic N) is 2. The normalized spacial score (nSPS) is 11.2. The summed E-state index contributed by atoms with van der Waals surface area (Å²) >= 11 is 0. The summed E-state index contributed by atoms with van der Waals surface area (Å²) in [5.74, 6) is 0.231. The third-order valence-electron chi connectivity index (χ3n) is 4.02. The van der Waals surface area contributed by atoms with Crippen LogP contribution in [-0.4, -0.2) is 41.1 Å². The van der Waals surface area contributed by atoms with E-state index in [4.69, 9.17) is 9.47 Å². The van der Waals surface area contributed by atoms with Crippen LogP contribution >= 0.6 is 0 Å². The van der Waals surface area contributed by atoms with Crippen LogP contribution in [0.15, 0.2) is 66.3 Å². The molecule has 0 unspecified atom stereocenters. The van der Waals surface area contributed by atoms with Gasteiger partial charge >= 0.3 is 0 Å². The number of carbonyl (C=O) groups excluding carboxylic acids is 2.